The van der Waals surface area contributed by atoms with Gasteiger partial charge in [-0.05, 0) is 75.6 Å². The van der Waals surface area contributed by atoms with Crippen molar-refractivity contribution in [2.24, 2.45) is 17.8 Å². The third-order valence-electron chi connectivity index (χ3n) is 8.06. The van der Waals surface area contributed by atoms with Crippen molar-refractivity contribution in [2.75, 3.05) is 0 Å². The van der Waals surface area contributed by atoms with Crippen molar-refractivity contribution in [2.45, 2.75) is 80.1 Å². The minimum atomic E-state index is 0.0577. The van der Waals surface area contributed by atoms with Crippen LogP contribution in [0.5, 0.6) is 0 Å². The van der Waals surface area contributed by atoms with Gasteiger partial charge < -0.3 is 0 Å². The van der Waals surface area contributed by atoms with Crippen molar-refractivity contribution in [1.82, 2.24) is 4.98 Å². The summed E-state index contributed by atoms with van der Waals surface area (Å²) < 4.78 is 1.33. The van der Waals surface area contributed by atoms with Crippen LogP contribution in [0, 0.1) is 24.7 Å². The van der Waals surface area contributed by atoms with Crippen molar-refractivity contribution in [1.29, 1.82) is 0 Å². The predicted molar refractivity (Wildman–Crippen MR) is 152 cm³/mol. The quantitative estimate of drug-likeness (QED) is 0.282. The van der Waals surface area contributed by atoms with E-state index in [9.17, 15) is 0 Å². The van der Waals surface area contributed by atoms with Crippen molar-refractivity contribution in [3.63, 3.8) is 0 Å². The van der Waals surface area contributed by atoms with E-state index in [-0.39, 0.29) is 10.8 Å². The van der Waals surface area contributed by atoms with Crippen LogP contribution in [0.3, 0.4) is 0 Å². The van der Waals surface area contributed by atoms with E-state index in [1.807, 2.05) is 17.5 Å². The molecule has 2 heteroatoms. The van der Waals surface area contributed by atoms with Crippen molar-refractivity contribution in [3.05, 3.63) is 64.7 Å². The first-order chi connectivity index (χ1) is 15.9. The van der Waals surface area contributed by atoms with E-state index >= 15 is 0 Å². The highest BCUT2D eigenvalue weighted by Crippen LogP contribution is 2.52. The molecule has 1 nitrogen and oxygen atoms in total. The molecule has 2 heterocycles. The summed E-state index contributed by atoms with van der Waals surface area (Å²) in [5.41, 5.74) is 5.38. The Morgan fingerprint density at radius 3 is 2.00 bits per heavy atom. The zero-order valence-electron chi connectivity index (χ0n) is 22.7. The standard InChI is InChI=1S/C32H41NS/c1-19(2)32(20(3)4,21(5)6)30-22(7)25-15-16-33-28(29(25)34-30)24-17-23-13-11-12-14-26(23)27(18-24)31(8,9)10/h11-21H,1-10H3. The van der Waals surface area contributed by atoms with E-state index in [1.165, 1.54) is 37.5 Å². The second-order valence-electron chi connectivity index (χ2n) is 12.0. The van der Waals surface area contributed by atoms with Gasteiger partial charge in [-0.3, -0.25) is 4.98 Å². The van der Waals surface area contributed by atoms with Crippen molar-refractivity contribution >= 4 is 32.2 Å². The number of hydrogen-bond donors (Lipinski definition) is 0. The normalized spacial score (nSPS) is 13.2. The molecule has 0 aliphatic rings. The smallest absolute Gasteiger partial charge is 0.0880 e. The number of nitrogens with zero attached hydrogens (tertiary/aromatic N) is 1. The van der Waals surface area contributed by atoms with Crippen LogP contribution < -0.4 is 0 Å². The molecule has 0 unspecified atom stereocenters. The molecule has 0 fully saturated rings. The topological polar surface area (TPSA) is 12.9 Å². The first kappa shape index (κ1) is 24.9. The number of aromatic nitrogens is 1. The molecule has 0 saturated carbocycles. The average Bonchev–Trinajstić information content (AvgIpc) is 3.08. The predicted octanol–water partition coefficient (Wildman–Crippen LogP) is 9.93. The average molecular weight is 472 g/mol. The fraction of sp³-hybridized carbons (Fsp3) is 0.469. The van der Waals surface area contributed by atoms with Crippen LogP contribution in [0.15, 0.2) is 48.7 Å². The molecule has 0 aliphatic carbocycles. The molecule has 0 saturated heterocycles. The minimum absolute atomic E-state index is 0.0577. The highest BCUT2D eigenvalue weighted by Gasteiger charge is 2.44. The van der Waals surface area contributed by atoms with E-state index in [0.717, 1.165) is 5.69 Å². The van der Waals surface area contributed by atoms with Crippen LogP contribution in [-0.4, -0.2) is 4.98 Å². The highest BCUT2D eigenvalue weighted by atomic mass is 32.1. The molecule has 0 radical (unpaired) electrons. The van der Waals surface area contributed by atoms with E-state index < -0.39 is 0 Å². The van der Waals surface area contributed by atoms with Gasteiger partial charge in [-0.25, -0.2) is 0 Å². The number of pyridine rings is 1. The third kappa shape index (κ3) is 3.79. The summed E-state index contributed by atoms with van der Waals surface area (Å²) in [6.07, 6.45) is 2.01. The van der Waals surface area contributed by atoms with Gasteiger partial charge in [-0.15, -0.1) is 11.3 Å². The third-order valence-corrected chi connectivity index (χ3v) is 9.54. The summed E-state index contributed by atoms with van der Waals surface area (Å²) in [6, 6.07) is 15.7. The molecular weight excluding hydrogens is 430 g/mol. The number of hydrogen-bond acceptors (Lipinski definition) is 2. The molecule has 4 rings (SSSR count). The Bertz CT molecular complexity index is 1310. The minimum Gasteiger partial charge on any atom is -0.255 e. The van der Waals surface area contributed by atoms with Crippen molar-refractivity contribution in [3.8, 4) is 11.3 Å². The van der Waals surface area contributed by atoms with Gasteiger partial charge in [0.2, 0.25) is 0 Å². The van der Waals surface area contributed by atoms with Gasteiger partial charge in [0.1, 0.15) is 0 Å². The number of rotatable bonds is 5. The fourth-order valence-electron chi connectivity index (χ4n) is 6.62. The zero-order chi connectivity index (χ0) is 25.0. The van der Waals surface area contributed by atoms with Gasteiger partial charge in [0, 0.05) is 22.1 Å². The molecular formula is C32H41NS. The van der Waals surface area contributed by atoms with Gasteiger partial charge in [0.15, 0.2) is 0 Å². The maximum Gasteiger partial charge on any atom is 0.0880 e. The Morgan fingerprint density at radius 1 is 0.794 bits per heavy atom. The molecule has 0 N–H and O–H groups in total. The van der Waals surface area contributed by atoms with Gasteiger partial charge in [-0.2, -0.15) is 0 Å². The summed E-state index contributed by atoms with van der Waals surface area (Å²) in [5, 5.41) is 3.99. The van der Waals surface area contributed by atoms with Gasteiger partial charge in [0.25, 0.3) is 0 Å². The molecule has 0 bridgehead atoms. The SMILES string of the molecule is Cc1c(C(C(C)C)(C(C)C)C(C)C)sc2c(-c3cc(C(C)(C)C)c4ccccc4c3)nccc12. The maximum absolute atomic E-state index is 4.99. The lowest BCUT2D eigenvalue weighted by molar-refractivity contribution is 0.152. The summed E-state index contributed by atoms with van der Waals surface area (Å²) in [6.45, 7) is 23.7. The Morgan fingerprint density at radius 2 is 1.41 bits per heavy atom. The van der Waals surface area contributed by atoms with Gasteiger partial charge >= 0.3 is 0 Å². The van der Waals surface area contributed by atoms with E-state index in [0.29, 0.717) is 17.8 Å². The summed E-state index contributed by atoms with van der Waals surface area (Å²) in [7, 11) is 0. The first-order valence-corrected chi connectivity index (χ1v) is 13.6. The van der Waals surface area contributed by atoms with Crippen LogP contribution in [0.2, 0.25) is 0 Å². The van der Waals surface area contributed by atoms with Gasteiger partial charge in [-0.1, -0.05) is 86.6 Å². The molecule has 34 heavy (non-hydrogen) atoms. The second-order valence-corrected chi connectivity index (χ2v) is 13.0. The monoisotopic (exact) mass is 471 g/mol. The molecule has 0 aliphatic heterocycles. The fourth-order valence-corrected chi connectivity index (χ4v) is 8.57. The number of thiophene rings is 1. The van der Waals surface area contributed by atoms with E-state index in [4.69, 9.17) is 4.98 Å². The van der Waals surface area contributed by atoms with E-state index in [1.54, 1.807) is 4.88 Å². The van der Waals surface area contributed by atoms with Crippen LogP contribution in [0.4, 0.5) is 0 Å². The Hall–Kier alpha value is -2.19. The lowest BCUT2D eigenvalue weighted by Crippen LogP contribution is -2.42. The molecule has 0 amide bonds. The number of aryl methyl sites for hydroxylation is 1. The summed E-state index contributed by atoms with van der Waals surface area (Å²) in [5.74, 6) is 1.68. The zero-order valence-corrected chi connectivity index (χ0v) is 23.5. The summed E-state index contributed by atoms with van der Waals surface area (Å²) >= 11 is 1.99. The molecule has 180 valence electrons. The molecule has 4 aromatic rings. The molecule has 2 aromatic heterocycles. The second kappa shape index (κ2) is 8.79. The first-order valence-electron chi connectivity index (χ1n) is 12.8. The van der Waals surface area contributed by atoms with Crippen LogP contribution in [-0.2, 0) is 10.8 Å². The Labute approximate surface area is 210 Å². The largest absolute Gasteiger partial charge is 0.255 e. The van der Waals surface area contributed by atoms with Crippen molar-refractivity contribution < 1.29 is 0 Å². The number of fused-ring (bicyclic) bond motifs is 2. The van der Waals surface area contributed by atoms with E-state index in [2.05, 4.69) is 112 Å². The lowest BCUT2D eigenvalue weighted by Gasteiger charge is -2.45. The summed E-state index contributed by atoms with van der Waals surface area (Å²) in [4.78, 5) is 6.54. The number of benzene rings is 2. The molecule has 0 atom stereocenters. The molecule has 0 spiro atoms. The molecule has 2 aromatic carbocycles. The van der Waals surface area contributed by atoms with Crippen LogP contribution >= 0.6 is 11.3 Å². The highest BCUT2D eigenvalue weighted by molar-refractivity contribution is 7.20. The maximum atomic E-state index is 4.99. The Kier molecular flexibility index (Phi) is 6.44. The van der Waals surface area contributed by atoms with Crippen LogP contribution in [0.25, 0.3) is 32.1 Å². The lowest BCUT2D eigenvalue weighted by atomic mass is 9.60. The van der Waals surface area contributed by atoms with Crippen LogP contribution in [0.1, 0.15) is 78.3 Å². The van der Waals surface area contributed by atoms with Gasteiger partial charge in [0.05, 0.1) is 10.4 Å². The Balaban J connectivity index is 2.05.